The molecule has 4 rings (SSSR count). The fraction of sp³-hybridized carbons (Fsp3) is 0.273. The Hall–Kier alpha value is -3.68. The van der Waals surface area contributed by atoms with Gasteiger partial charge in [0.05, 0.1) is 17.6 Å². The minimum absolute atomic E-state index is 0.0936. The van der Waals surface area contributed by atoms with E-state index in [9.17, 15) is 9.59 Å². The molecule has 1 aromatic carbocycles. The first-order valence-electron chi connectivity index (χ1n) is 9.88. The second-order valence-corrected chi connectivity index (χ2v) is 7.16. The maximum absolute atomic E-state index is 12.3. The van der Waals surface area contributed by atoms with Gasteiger partial charge in [0, 0.05) is 43.7 Å². The molecule has 2 N–H and O–H groups in total. The van der Waals surface area contributed by atoms with Crippen LogP contribution in [0.25, 0.3) is 22.1 Å². The molecule has 30 heavy (non-hydrogen) atoms. The van der Waals surface area contributed by atoms with E-state index in [1.54, 1.807) is 11.1 Å². The van der Waals surface area contributed by atoms with Crippen LogP contribution in [0.5, 0.6) is 5.75 Å². The maximum atomic E-state index is 12.3. The number of carbonyl (C=O) groups is 1. The molecule has 4 aromatic rings. The average Bonchev–Trinajstić information content (AvgIpc) is 3.12. The van der Waals surface area contributed by atoms with Crippen molar-refractivity contribution in [3.05, 3.63) is 64.8 Å². The van der Waals surface area contributed by atoms with Crippen LogP contribution >= 0.6 is 0 Å². The van der Waals surface area contributed by atoms with Crippen LogP contribution in [0.2, 0.25) is 0 Å². The molecule has 0 saturated heterocycles. The lowest BCUT2D eigenvalue weighted by molar-refractivity contribution is -0.130. The molecule has 8 heteroatoms. The standard InChI is InChI=1S/C22H23N5O3/c1-27(11-9-16-5-2-3-10-23-16)20(28)6-4-12-30-17-7-8-18-15(13-17)14-19-21(24-18)26-22(29)25-19/h2-3,5,7-8,10,13-14H,4,6,9,11-12H2,1H3,(H2,24,25,26,29). The Morgan fingerprint density at radius 3 is 2.90 bits per heavy atom. The summed E-state index contributed by atoms with van der Waals surface area (Å²) < 4.78 is 5.80. The van der Waals surface area contributed by atoms with Crippen molar-refractivity contribution >= 4 is 28.0 Å². The molecule has 8 nitrogen and oxygen atoms in total. The van der Waals surface area contributed by atoms with E-state index in [0.29, 0.717) is 42.9 Å². The zero-order valence-corrected chi connectivity index (χ0v) is 16.7. The summed E-state index contributed by atoms with van der Waals surface area (Å²) in [5.41, 5.74) is 2.66. The van der Waals surface area contributed by atoms with Crippen LogP contribution < -0.4 is 10.4 Å². The van der Waals surface area contributed by atoms with E-state index in [1.807, 2.05) is 49.5 Å². The Kier molecular flexibility index (Phi) is 5.74. The highest BCUT2D eigenvalue weighted by atomic mass is 16.5. The minimum Gasteiger partial charge on any atom is -0.494 e. The lowest BCUT2D eigenvalue weighted by Gasteiger charge is -2.17. The van der Waals surface area contributed by atoms with Gasteiger partial charge in [0.2, 0.25) is 5.91 Å². The number of aromatic amines is 2. The molecule has 0 fully saturated rings. The average molecular weight is 405 g/mol. The van der Waals surface area contributed by atoms with Gasteiger partial charge >= 0.3 is 5.69 Å². The first kappa shape index (κ1) is 19.6. The third-order valence-corrected chi connectivity index (χ3v) is 4.93. The highest BCUT2D eigenvalue weighted by Gasteiger charge is 2.09. The topological polar surface area (TPSA) is 104 Å². The number of nitrogens with zero attached hydrogens (tertiary/aromatic N) is 3. The number of H-pyrrole nitrogens is 2. The molecule has 3 heterocycles. The van der Waals surface area contributed by atoms with Crippen molar-refractivity contribution in [2.75, 3.05) is 20.2 Å². The maximum Gasteiger partial charge on any atom is 0.325 e. The van der Waals surface area contributed by atoms with Crippen molar-refractivity contribution in [3.8, 4) is 5.75 Å². The summed E-state index contributed by atoms with van der Waals surface area (Å²) in [6, 6.07) is 13.2. The molecule has 0 atom stereocenters. The van der Waals surface area contributed by atoms with Crippen molar-refractivity contribution in [1.82, 2.24) is 24.8 Å². The van der Waals surface area contributed by atoms with E-state index in [2.05, 4.69) is 19.9 Å². The number of amides is 1. The van der Waals surface area contributed by atoms with Gasteiger partial charge in [-0.15, -0.1) is 0 Å². The van der Waals surface area contributed by atoms with E-state index in [-0.39, 0.29) is 11.6 Å². The number of fused-ring (bicyclic) bond motifs is 2. The molecule has 0 radical (unpaired) electrons. The number of pyridine rings is 2. The predicted octanol–water partition coefficient (Wildman–Crippen LogP) is 2.66. The molecule has 0 aliphatic heterocycles. The third-order valence-electron chi connectivity index (χ3n) is 4.93. The normalized spacial score (nSPS) is 11.1. The lowest BCUT2D eigenvalue weighted by atomic mass is 10.2. The molecule has 0 saturated carbocycles. The molecule has 3 aromatic heterocycles. The zero-order chi connectivity index (χ0) is 20.9. The van der Waals surface area contributed by atoms with Crippen LogP contribution in [0, 0.1) is 0 Å². The van der Waals surface area contributed by atoms with Crippen LogP contribution in [0.3, 0.4) is 0 Å². The number of hydrogen-bond acceptors (Lipinski definition) is 5. The van der Waals surface area contributed by atoms with Crippen LogP contribution in [0.1, 0.15) is 18.5 Å². The van der Waals surface area contributed by atoms with E-state index in [1.165, 1.54) is 0 Å². The van der Waals surface area contributed by atoms with E-state index in [0.717, 1.165) is 23.0 Å². The molecule has 0 bridgehead atoms. The Bertz CT molecular complexity index is 1220. The van der Waals surface area contributed by atoms with Crippen LogP contribution in [-0.4, -0.2) is 50.9 Å². The Morgan fingerprint density at radius 2 is 2.07 bits per heavy atom. The summed E-state index contributed by atoms with van der Waals surface area (Å²) in [6.07, 6.45) is 3.56. The number of likely N-dealkylation sites (N-methyl/N-ethyl adjacent to an activating group) is 1. The van der Waals surface area contributed by atoms with Crippen LogP contribution in [0.4, 0.5) is 0 Å². The van der Waals surface area contributed by atoms with Crippen LogP contribution in [-0.2, 0) is 11.2 Å². The van der Waals surface area contributed by atoms with Gasteiger partial charge in [0.15, 0.2) is 5.65 Å². The number of rotatable bonds is 8. The highest BCUT2D eigenvalue weighted by Crippen LogP contribution is 2.22. The smallest absolute Gasteiger partial charge is 0.325 e. The molecule has 0 aliphatic rings. The molecule has 1 amide bonds. The predicted molar refractivity (Wildman–Crippen MR) is 115 cm³/mol. The highest BCUT2D eigenvalue weighted by molar-refractivity contribution is 5.90. The van der Waals surface area contributed by atoms with Gasteiger partial charge in [0.25, 0.3) is 0 Å². The number of nitrogens with one attached hydrogen (secondary N) is 2. The largest absolute Gasteiger partial charge is 0.494 e. The van der Waals surface area contributed by atoms with Crippen LogP contribution in [0.15, 0.2) is 53.5 Å². The van der Waals surface area contributed by atoms with Gasteiger partial charge in [-0.25, -0.2) is 9.78 Å². The lowest BCUT2D eigenvalue weighted by Crippen LogP contribution is -2.29. The zero-order valence-electron chi connectivity index (χ0n) is 16.7. The summed E-state index contributed by atoms with van der Waals surface area (Å²) in [6.45, 7) is 1.09. The van der Waals surface area contributed by atoms with Gasteiger partial charge < -0.3 is 14.6 Å². The number of aromatic nitrogens is 4. The molecule has 0 unspecified atom stereocenters. The molecular weight excluding hydrogens is 382 g/mol. The molecular formula is C22H23N5O3. The molecule has 0 aliphatic carbocycles. The van der Waals surface area contributed by atoms with Crippen molar-refractivity contribution in [1.29, 1.82) is 0 Å². The van der Waals surface area contributed by atoms with Gasteiger partial charge in [0.1, 0.15) is 5.75 Å². The first-order valence-corrected chi connectivity index (χ1v) is 9.88. The quantitative estimate of drug-likeness (QED) is 0.439. The van der Waals surface area contributed by atoms with E-state index >= 15 is 0 Å². The van der Waals surface area contributed by atoms with Crippen molar-refractivity contribution in [2.45, 2.75) is 19.3 Å². The Labute approximate surface area is 172 Å². The fourth-order valence-electron chi connectivity index (χ4n) is 3.25. The number of benzene rings is 1. The Balaban J connectivity index is 1.26. The first-order chi connectivity index (χ1) is 14.6. The SMILES string of the molecule is CN(CCc1ccccn1)C(=O)CCCOc1ccc2nc3[nH]c(=O)[nH]c3cc2c1. The van der Waals surface area contributed by atoms with Gasteiger partial charge in [-0.2, -0.15) is 0 Å². The second kappa shape index (κ2) is 8.77. The van der Waals surface area contributed by atoms with Crippen molar-refractivity contribution in [3.63, 3.8) is 0 Å². The Morgan fingerprint density at radius 1 is 1.17 bits per heavy atom. The molecule has 0 spiro atoms. The third kappa shape index (κ3) is 4.65. The summed E-state index contributed by atoms with van der Waals surface area (Å²) in [5.74, 6) is 0.800. The minimum atomic E-state index is -0.279. The van der Waals surface area contributed by atoms with Crippen molar-refractivity contribution in [2.24, 2.45) is 0 Å². The van der Waals surface area contributed by atoms with Gasteiger partial charge in [-0.3, -0.25) is 14.8 Å². The van der Waals surface area contributed by atoms with E-state index in [4.69, 9.17) is 4.74 Å². The summed E-state index contributed by atoms with van der Waals surface area (Å²) >= 11 is 0. The van der Waals surface area contributed by atoms with E-state index < -0.39 is 0 Å². The fourth-order valence-corrected chi connectivity index (χ4v) is 3.25. The summed E-state index contributed by atoms with van der Waals surface area (Å²) in [5, 5.41) is 0.876. The number of imidazole rings is 1. The summed E-state index contributed by atoms with van der Waals surface area (Å²) in [7, 11) is 1.81. The number of ether oxygens (including phenoxy) is 1. The molecule has 154 valence electrons. The van der Waals surface area contributed by atoms with Crippen molar-refractivity contribution < 1.29 is 9.53 Å². The monoisotopic (exact) mass is 405 g/mol. The summed E-state index contributed by atoms with van der Waals surface area (Å²) in [4.78, 5) is 39.5. The number of carbonyl (C=O) groups excluding carboxylic acids is 1. The van der Waals surface area contributed by atoms with Gasteiger partial charge in [-0.1, -0.05) is 6.07 Å². The number of hydrogen-bond donors (Lipinski definition) is 2. The van der Waals surface area contributed by atoms with Gasteiger partial charge in [-0.05, 0) is 42.8 Å². The second-order valence-electron chi connectivity index (χ2n) is 7.16.